The number of hydroxylamine groups is 1. The lowest BCUT2D eigenvalue weighted by atomic mass is 9.82. The maximum absolute atomic E-state index is 6.31. The van der Waals surface area contributed by atoms with Crippen LogP contribution in [0, 0.1) is 0 Å². The van der Waals surface area contributed by atoms with Gasteiger partial charge in [0.05, 0.1) is 22.3 Å². The lowest BCUT2D eigenvalue weighted by Gasteiger charge is -2.35. The fourth-order valence-corrected chi connectivity index (χ4v) is 5.30. The van der Waals surface area contributed by atoms with Crippen molar-refractivity contribution in [2.24, 2.45) is 0 Å². The summed E-state index contributed by atoms with van der Waals surface area (Å²) in [5.74, 6) is 0.388. The van der Waals surface area contributed by atoms with Crippen LogP contribution in [0.3, 0.4) is 0 Å². The summed E-state index contributed by atoms with van der Waals surface area (Å²) in [5.41, 5.74) is 8.43. The first kappa shape index (κ1) is 17.6. The highest BCUT2D eigenvalue weighted by Crippen LogP contribution is 2.51. The van der Waals surface area contributed by atoms with Crippen LogP contribution in [0.25, 0.3) is 0 Å². The Hall–Kier alpha value is -1.52. The van der Waals surface area contributed by atoms with Crippen molar-refractivity contribution < 1.29 is 4.84 Å². The highest BCUT2D eigenvalue weighted by atomic mass is 35.5. The van der Waals surface area contributed by atoms with Gasteiger partial charge in [0.15, 0.2) is 0 Å². The number of hydrogen-bond acceptors (Lipinski definition) is 3. The first-order valence-corrected chi connectivity index (χ1v) is 10.3. The van der Waals surface area contributed by atoms with E-state index in [1.807, 2.05) is 30.3 Å². The SMILES string of the molecule is Clc1ccc([C@H]2C[C@@H]3CC[C@@H]4C2=C(NOCc2ccccc2)CN34)cc1Cl. The molecule has 5 rings (SSSR count). The normalized spacial score (nSPS) is 28.7. The van der Waals surface area contributed by atoms with Crippen molar-refractivity contribution in [2.45, 2.75) is 43.9 Å². The molecule has 3 nitrogen and oxygen atoms in total. The summed E-state index contributed by atoms with van der Waals surface area (Å²) >= 11 is 12.5. The van der Waals surface area contributed by atoms with E-state index in [4.69, 9.17) is 28.0 Å². The highest BCUT2D eigenvalue weighted by molar-refractivity contribution is 6.42. The second kappa shape index (κ2) is 7.14. The zero-order valence-corrected chi connectivity index (χ0v) is 16.5. The summed E-state index contributed by atoms with van der Waals surface area (Å²) < 4.78 is 0. The Morgan fingerprint density at radius 2 is 1.89 bits per heavy atom. The Morgan fingerprint density at radius 1 is 1.04 bits per heavy atom. The molecule has 0 amide bonds. The molecule has 4 atom stereocenters. The molecule has 140 valence electrons. The van der Waals surface area contributed by atoms with E-state index >= 15 is 0 Å². The molecule has 0 spiro atoms. The number of nitrogens with one attached hydrogen (secondary N) is 1. The van der Waals surface area contributed by atoms with Gasteiger partial charge in [-0.3, -0.25) is 15.2 Å². The Balaban J connectivity index is 1.40. The van der Waals surface area contributed by atoms with Gasteiger partial charge in [-0.1, -0.05) is 59.6 Å². The summed E-state index contributed by atoms with van der Waals surface area (Å²) in [4.78, 5) is 8.50. The summed E-state index contributed by atoms with van der Waals surface area (Å²) in [5, 5.41) is 1.25. The van der Waals surface area contributed by atoms with Gasteiger partial charge in [-0.25, -0.2) is 0 Å². The maximum atomic E-state index is 6.31. The predicted octanol–water partition coefficient (Wildman–Crippen LogP) is 5.30. The van der Waals surface area contributed by atoms with Crippen molar-refractivity contribution in [3.05, 3.63) is 81.0 Å². The van der Waals surface area contributed by atoms with Crippen LogP contribution in [0.5, 0.6) is 0 Å². The molecule has 0 aliphatic carbocycles. The standard InChI is InChI=1S/C22H22Cl2N2O/c23-18-8-6-15(10-19(18)24)17-11-16-7-9-21-22(17)20(12-26(16)21)25-27-13-14-4-2-1-3-5-14/h1-6,8,10,16-17,21,25H,7,9,11-13H2/t16-,17+,21+/m0/s1. The van der Waals surface area contributed by atoms with Gasteiger partial charge >= 0.3 is 0 Å². The lowest BCUT2D eigenvalue weighted by Crippen LogP contribution is -2.39. The quantitative estimate of drug-likeness (QED) is 0.688. The van der Waals surface area contributed by atoms with Crippen LogP contribution in [0.2, 0.25) is 10.0 Å². The number of halogens is 2. The van der Waals surface area contributed by atoms with E-state index in [2.05, 4.69) is 28.6 Å². The molecule has 0 saturated carbocycles. The molecule has 2 aromatic rings. The van der Waals surface area contributed by atoms with Gasteiger partial charge in [0, 0.05) is 24.5 Å². The topological polar surface area (TPSA) is 24.5 Å². The van der Waals surface area contributed by atoms with Crippen molar-refractivity contribution in [2.75, 3.05) is 6.54 Å². The van der Waals surface area contributed by atoms with Crippen LogP contribution in [0.15, 0.2) is 59.8 Å². The van der Waals surface area contributed by atoms with E-state index < -0.39 is 0 Å². The van der Waals surface area contributed by atoms with Gasteiger partial charge in [-0.15, -0.1) is 0 Å². The van der Waals surface area contributed by atoms with Gasteiger partial charge in [0.2, 0.25) is 0 Å². The van der Waals surface area contributed by atoms with E-state index in [9.17, 15) is 0 Å². The Labute approximate surface area is 169 Å². The first-order valence-electron chi connectivity index (χ1n) is 9.56. The molecule has 2 saturated heterocycles. The minimum Gasteiger partial charge on any atom is -0.288 e. The van der Waals surface area contributed by atoms with Gasteiger partial charge in [-0.2, -0.15) is 0 Å². The third-order valence-corrected chi connectivity index (χ3v) is 6.94. The predicted molar refractivity (Wildman–Crippen MR) is 109 cm³/mol. The van der Waals surface area contributed by atoms with Gasteiger partial charge in [0.1, 0.15) is 0 Å². The molecule has 2 fully saturated rings. The molecule has 4 bridgehead atoms. The zero-order valence-electron chi connectivity index (χ0n) is 15.0. The van der Waals surface area contributed by atoms with E-state index in [1.54, 1.807) is 0 Å². The Bertz CT molecular complexity index is 883. The first-order chi connectivity index (χ1) is 13.2. The largest absolute Gasteiger partial charge is 0.288 e. The van der Waals surface area contributed by atoms with Crippen LogP contribution < -0.4 is 5.48 Å². The number of rotatable bonds is 5. The molecule has 2 aromatic carbocycles. The molecule has 3 heterocycles. The monoisotopic (exact) mass is 400 g/mol. The van der Waals surface area contributed by atoms with Crippen molar-refractivity contribution in [1.29, 1.82) is 0 Å². The van der Waals surface area contributed by atoms with Crippen LogP contribution in [0.1, 0.15) is 36.3 Å². The fraction of sp³-hybridized carbons (Fsp3) is 0.364. The summed E-state index contributed by atoms with van der Waals surface area (Å²) in [7, 11) is 0. The molecule has 3 aliphatic rings. The second-order valence-electron chi connectivity index (χ2n) is 7.69. The number of hydrogen-bond donors (Lipinski definition) is 1. The minimum atomic E-state index is 0.388. The van der Waals surface area contributed by atoms with Crippen molar-refractivity contribution in [3.8, 4) is 0 Å². The van der Waals surface area contributed by atoms with Gasteiger partial charge in [-0.05, 0) is 48.1 Å². The molecule has 0 radical (unpaired) electrons. The van der Waals surface area contributed by atoms with Crippen LogP contribution in [-0.2, 0) is 11.4 Å². The summed E-state index contributed by atoms with van der Waals surface area (Å²) in [6, 6.07) is 17.5. The second-order valence-corrected chi connectivity index (χ2v) is 8.51. The van der Waals surface area contributed by atoms with E-state index in [0.29, 0.717) is 34.7 Å². The lowest BCUT2D eigenvalue weighted by molar-refractivity contribution is 0.0460. The maximum Gasteiger partial charge on any atom is 0.0996 e. The summed E-state index contributed by atoms with van der Waals surface area (Å²) in [6.07, 6.45) is 3.67. The van der Waals surface area contributed by atoms with Gasteiger partial charge in [0.25, 0.3) is 0 Å². The molecular formula is C22H22Cl2N2O. The number of benzene rings is 2. The number of nitrogens with zero attached hydrogens (tertiary/aromatic N) is 1. The number of piperidine rings is 1. The van der Waals surface area contributed by atoms with Crippen molar-refractivity contribution >= 4 is 23.2 Å². The molecular weight excluding hydrogens is 379 g/mol. The van der Waals surface area contributed by atoms with Crippen molar-refractivity contribution in [1.82, 2.24) is 10.4 Å². The average molecular weight is 401 g/mol. The average Bonchev–Trinajstić information content (AvgIpc) is 3.10. The zero-order chi connectivity index (χ0) is 18.4. The van der Waals surface area contributed by atoms with E-state index in [1.165, 1.54) is 35.2 Å². The van der Waals surface area contributed by atoms with E-state index in [-0.39, 0.29) is 0 Å². The fourth-order valence-electron chi connectivity index (χ4n) is 5.00. The molecule has 1 unspecified atom stereocenters. The summed E-state index contributed by atoms with van der Waals surface area (Å²) in [6.45, 7) is 1.51. The van der Waals surface area contributed by atoms with E-state index in [0.717, 1.165) is 13.0 Å². The third-order valence-electron chi connectivity index (χ3n) is 6.20. The Morgan fingerprint density at radius 3 is 2.70 bits per heavy atom. The van der Waals surface area contributed by atoms with Crippen LogP contribution in [-0.4, -0.2) is 23.5 Å². The molecule has 3 aliphatic heterocycles. The third kappa shape index (κ3) is 3.17. The minimum absolute atomic E-state index is 0.388. The van der Waals surface area contributed by atoms with Gasteiger partial charge < -0.3 is 0 Å². The van der Waals surface area contributed by atoms with Crippen molar-refractivity contribution in [3.63, 3.8) is 0 Å². The smallest absolute Gasteiger partial charge is 0.0996 e. The molecule has 0 aromatic heterocycles. The van der Waals surface area contributed by atoms with Crippen LogP contribution >= 0.6 is 23.2 Å². The molecule has 5 heteroatoms. The van der Waals surface area contributed by atoms with Crippen LogP contribution in [0.4, 0.5) is 0 Å². The molecule has 1 N–H and O–H groups in total. The molecule has 27 heavy (non-hydrogen) atoms. The Kier molecular flexibility index (Phi) is 4.65. The highest BCUT2D eigenvalue weighted by Gasteiger charge is 2.49.